The van der Waals surface area contributed by atoms with Crippen molar-refractivity contribution in [3.8, 4) is 28.4 Å². The first-order valence-corrected chi connectivity index (χ1v) is 6.15. The topological polar surface area (TPSA) is 71.2 Å². The van der Waals surface area contributed by atoms with Gasteiger partial charge in [0.2, 0.25) is 0 Å². The van der Waals surface area contributed by atoms with Crippen LogP contribution in [0.4, 0.5) is 0 Å². The summed E-state index contributed by atoms with van der Waals surface area (Å²) in [6, 6.07) is 12.0. The maximum atomic E-state index is 9.53. The van der Waals surface area contributed by atoms with Gasteiger partial charge in [-0.3, -0.25) is 0 Å². The molecule has 0 aliphatic rings. The normalized spacial score (nSPS) is 10.7. The quantitative estimate of drug-likeness (QED) is 0.748. The van der Waals surface area contributed by atoms with Gasteiger partial charge in [-0.25, -0.2) is 4.68 Å². The van der Waals surface area contributed by atoms with Gasteiger partial charge in [0, 0.05) is 5.56 Å². The molecule has 3 aromatic rings. The highest BCUT2D eigenvalue weighted by Crippen LogP contribution is 2.22. The second-order valence-electron chi connectivity index (χ2n) is 4.57. The molecule has 5 nitrogen and oxygen atoms in total. The minimum atomic E-state index is 0.218. The third-order valence-electron chi connectivity index (χ3n) is 3.10. The molecular formula is C15H13N3O2. The number of nitrogens with zero attached hydrogens (tertiary/aromatic N) is 3. The number of aromatic hydroxyl groups is 2. The summed E-state index contributed by atoms with van der Waals surface area (Å²) in [5.41, 5.74) is 3.21. The van der Waals surface area contributed by atoms with Crippen molar-refractivity contribution in [3.63, 3.8) is 0 Å². The standard InChI is InChI=1S/C15H13N3O2/c1-10-8-12(4-7-15(10)20)18-9-14(16-17-18)11-2-5-13(19)6-3-11/h2-9,19-20H,1H3. The Morgan fingerprint density at radius 3 is 2.45 bits per heavy atom. The predicted molar refractivity (Wildman–Crippen MR) is 74.9 cm³/mol. The van der Waals surface area contributed by atoms with Crippen molar-refractivity contribution < 1.29 is 10.2 Å². The largest absolute Gasteiger partial charge is 0.508 e. The molecule has 0 bridgehead atoms. The zero-order valence-electron chi connectivity index (χ0n) is 10.9. The van der Waals surface area contributed by atoms with Gasteiger partial charge < -0.3 is 10.2 Å². The van der Waals surface area contributed by atoms with Gasteiger partial charge in [0.05, 0.1) is 11.9 Å². The molecule has 20 heavy (non-hydrogen) atoms. The Hall–Kier alpha value is -2.82. The molecule has 0 spiro atoms. The first-order valence-electron chi connectivity index (χ1n) is 6.15. The maximum absolute atomic E-state index is 9.53. The molecule has 0 saturated heterocycles. The van der Waals surface area contributed by atoms with Crippen molar-refractivity contribution in [3.05, 3.63) is 54.2 Å². The lowest BCUT2D eigenvalue weighted by Crippen LogP contribution is -1.95. The molecule has 0 unspecified atom stereocenters. The number of phenolic OH excluding ortho intramolecular Hbond substituents is 2. The zero-order chi connectivity index (χ0) is 14.1. The molecule has 0 aliphatic carbocycles. The Morgan fingerprint density at radius 1 is 1.00 bits per heavy atom. The summed E-state index contributed by atoms with van der Waals surface area (Å²) < 4.78 is 1.65. The third kappa shape index (κ3) is 2.21. The van der Waals surface area contributed by atoms with Crippen LogP contribution in [0.25, 0.3) is 16.9 Å². The van der Waals surface area contributed by atoms with Crippen molar-refractivity contribution in [1.29, 1.82) is 0 Å². The van der Waals surface area contributed by atoms with E-state index in [9.17, 15) is 10.2 Å². The molecule has 0 atom stereocenters. The van der Waals surface area contributed by atoms with Crippen LogP contribution in [0.5, 0.6) is 11.5 Å². The van der Waals surface area contributed by atoms with Crippen molar-refractivity contribution in [2.24, 2.45) is 0 Å². The van der Waals surface area contributed by atoms with Gasteiger partial charge >= 0.3 is 0 Å². The maximum Gasteiger partial charge on any atom is 0.118 e. The predicted octanol–water partition coefficient (Wildman–Crippen LogP) is 2.65. The highest BCUT2D eigenvalue weighted by molar-refractivity contribution is 5.59. The number of rotatable bonds is 2. The first kappa shape index (κ1) is 12.2. The monoisotopic (exact) mass is 267 g/mol. The van der Waals surface area contributed by atoms with Crippen LogP contribution in [0.2, 0.25) is 0 Å². The first-order chi connectivity index (χ1) is 9.63. The van der Waals surface area contributed by atoms with Gasteiger partial charge in [0.25, 0.3) is 0 Å². The molecule has 3 rings (SSSR count). The van der Waals surface area contributed by atoms with Gasteiger partial charge in [0.15, 0.2) is 0 Å². The van der Waals surface area contributed by atoms with Crippen LogP contribution in [0, 0.1) is 6.92 Å². The fourth-order valence-electron chi connectivity index (χ4n) is 1.94. The third-order valence-corrected chi connectivity index (χ3v) is 3.10. The van der Waals surface area contributed by atoms with E-state index in [0.29, 0.717) is 0 Å². The van der Waals surface area contributed by atoms with Gasteiger partial charge in [-0.2, -0.15) is 0 Å². The molecule has 0 saturated carbocycles. The van der Waals surface area contributed by atoms with E-state index in [1.54, 1.807) is 47.3 Å². The number of hydrogen-bond acceptors (Lipinski definition) is 4. The number of phenols is 2. The lowest BCUT2D eigenvalue weighted by atomic mass is 10.1. The Morgan fingerprint density at radius 2 is 1.75 bits per heavy atom. The average Bonchev–Trinajstić information content (AvgIpc) is 2.92. The summed E-state index contributed by atoms with van der Waals surface area (Å²) >= 11 is 0. The van der Waals surface area contributed by atoms with Crippen LogP contribution in [0.15, 0.2) is 48.7 Å². The molecule has 0 amide bonds. The van der Waals surface area contributed by atoms with Crippen molar-refractivity contribution in [1.82, 2.24) is 15.0 Å². The number of hydrogen-bond donors (Lipinski definition) is 2. The Kier molecular flexibility index (Phi) is 2.87. The summed E-state index contributed by atoms with van der Waals surface area (Å²) in [5.74, 6) is 0.475. The molecule has 100 valence electrons. The summed E-state index contributed by atoms with van der Waals surface area (Å²) in [5, 5.41) is 27.0. The highest BCUT2D eigenvalue weighted by atomic mass is 16.3. The smallest absolute Gasteiger partial charge is 0.118 e. The second kappa shape index (κ2) is 4.70. The lowest BCUT2D eigenvalue weighted by molar-refractivity contribution is 0.471. The minimum Gasteiger partial charge on any atom is -0.508 e. The van der Waals surface area contributed by atoms with Gasteiger partial charge in [-0.1, -0.05) is 5.21 Å². The molecule has 0 aliphatic heterocycles. The van der Waals surface area contributed by atoms with Crippen molar-refractivity contribution in [2.75, 3.05) is 0 Å². The number of aromatic nitrogens is 3. The van der Waals surface area contributed by atoms with E-state index in [0.717, 1.165) is 22.5 Å². The molecule has 1 aromatic heterocycles. The van der Waals surface area contributed by atoms with E-state index in [-0.39, 0.29) is 11.5 Å². The van der Waals surface area contributed by atoms with Gasteiger partial charge in [0.1, 0.15) is 17.2 Å². The fourth-order valence-corrected chi connectivity index (χ4v) is 1.94. The highest BCUT2D eigenvalue weighted by Gasteiger charge is 2.06. The minimum absolute atomic E-state index is 0.218. The molecule has 5 heteroatoms. The molecule has 2 aromatic carbocycles. The number of aryl methyl sites for hydroxylation is 1. The van der Waals surface area contributed by atoms with E-state index in [1.807, 2.05) is 13.0 Å². The number of benzene rings is 2. The lowest BCUT2D eigenvalue weighted by Gasteiger charge is -2.03. The second-order valence-corrected chi connectivity index (χ2v) is 4.57. The molecule has 1 heterocycles. The van der Waals surface area contributed by atoms with Crippen molar-refractivity contribution in [2.45, 2.75) is 6.92 Å². The van der Waals surface area contributed by atoms with Crippen LogP contribution in [-0.2, 0) is 0 Å². The van der Waals surface area contributed by atoms with Crippen LogP contribution in [0.3, 0.4) is 0 Å². The van der Waals surface area contributed by atoms with E-state index in [1.165, 1.54) is 0 Å². The van der Waals surface area contributed by atoms with E-state index in [2.05, 4.69) is 10.3 Å². The van der Waals surface area contributed by atoms with Gasteiger partial charge in [-0.05, 0) is 55.0 Å². The average molecular weight is 267 g/mol. The summed E-state index contributed by atoms with van der Waals surface area (Å²) in [7, 11) is 0. The molecule has 0 fully saturated rings. The van der Waals surface area contributed by atoms with E-state index < -0.39 is 0 Å². The zero-order valence-corrected chi connectivity index (χ0v) is 10.9. The molecule has 2 N–H and O–H groups in total. The summed E-state index contributed by atoms with van der Waals surface area (Å²) in [6.45, 7) is 1.83. The SMILES string of the molecule is Cc1cc(-n2cc(-c3ccc(O)cc3)nn2)ccc1O. The van der Waals surface area contributed by atoms with E-state index >= 15 is 0 Å². The summed E-state index contributed by atoms with van der Waals surface area (Å²) in [6.07, 6.45) is 1.80. The fraction of sp³-hybridized carbons (Fsp3) is 0.0667. The summed E-state index contributed by atoms with van der Waals surface area (Å²) in [4.78, 5) is 0. The van der Waals surface area contributed by atoms with Gasteiger partial charge in [-0.15, -0.1) is 5.10 Å². The molecular weight excluding hydrogens is 254 g/mol. The van der Waals surface area contributed by atoms with Crippen LogP contribution < -0.4 is 0 Å². The Balaban J connectivity index is 1.97. The van der Waals surface area contributed by atoms with Crippen LogP contribution in [0.1, 0.15) is 5.56 Å². The van der Waals surface area contributed by atoms with E-state index in [4.69, 9.17) is 0 Å². The Bertz CT molecular complexity index is 748. The van der Waals surface area contributed by atoms with Crippen LogP contribution >= 0.6 is 0 Å². The Labute approximate surface area is 115 Å². The van der Waals surface area contributed by atoms with Crippen LogP contribution in [-0.4, -0.2) is 25.2 Å². The molecule has 0 radical (unpaired) electrons. The van der Waals surface area contributed by atoms with Crippen molar-refractivity contribution >= 4 is 0 Å².